The molecule has 1 aliphatic rings. The minimum atomic E-state index is -0.352. The van der Waals surface area contributed by atoms with E-state index in [2.05, 4.69) is 0 Å². The van der Waals surface area contributed by atoms with E-state index in [1.807, 2.05) is 6.08 Å². The number of carbonyl (C=O) groups excluding carboxylic acids is 2. The van der Waals surface area contributed by atoms with Gasteiger partial charge in [-0.15, -0.1) is 0 Å². The van der Waals surface area contributed by atoms with Crippen LogP contribution in [0.15, 0.2) is 12.2 Å². The maximum absolute atomic E-state index is 10.7. The molecule has 1 aliphatic carbocycles. The minimum Gasteiger partial charge on any atom is -0.303 e. The molecule has 2 nitrogen and oxygen atoms in total. The third-order valence-corrected chi connectivity index (χ3v) is 1.46. The molecule has 0 amide bonds. The van der Waals surface area contributed by atoms with Crippen molar-refractivity contribution in [3.8, 4) is 0 Å². The number of carbonyl (C=O) groups is 2. The first-order valence-corrected chi connectivity index (χ1v) is 3.00. The van der Waals surface area contributed by atoms with Gasteiger partial charge in [-0.25, -0.2) is 0 Å². The van der Waals surface area contributed by atoms with Gasteiger partial charge in [-0.1, -0.05) is 6.08 Å². The molecule has 0 fully saturated rings. The molecule has 48 valence electrons. The number of ketones is 1. The van der Waals surface area contributed by atoms with E-state index in [4.69, 9.17) is 0 Å². The molecular weight excluding hydrogens is 116 g/mol. The Labute approximate surface area is 53.6 Å². The molecule has 0 aromatic rings. The second-order valence-corrected chi connectivity index (χ2v) is 2.12. The summed E-state index contributed by atoms with van der Waals surface area (Å²) in [5.74, 6) is -0.397. The standard InChI is InChI=1S/C7H8O2/c8-5-6-3-1-2-4-7(6)9/h2,4-6H,1,3H2. The van der Waals surface area contributed by atoms with E-state index >= 15 is 0 Å². The van der Waals surface area contributed by atoms with Crippen LogP contribution in [0.25, 0.3) is 0 Å². The number of allylic oxidation sites excluding steroid dienone is 2. The van der Waals surface area contributed by atoms with Crippen LogP contribution in [0.1, 0.15) is 12.8 Å². The van der Waals surface area contributed by atoms with E-state index in [-0.39, 0.29) is 11.7 Å². The SMILES string of the molecule is O=CC1CCC=CC1=O. The predicted octanol–water partition coefficient (Wildman–Crippen LogP) is 0.721. The summed E-state index contributed by atoms with van der Waals surface area (Å²) in [6.07, 6.45) is 5.57. The number of aldehydes is 1. The Balaban J connectivity index is 2.65. The lowest BCUT2D eigenvalue weighted by atomic mass is 9.95. The van der Waals surface area contributed by atoms with Crippen LogP contribution >= 0.6 is 0 Å². The molecule has 2 heteroatoms. The average Bonchev–Trinajstić information content (AvgIpc) is 1.89. The lowest BCUT2D eigenvalue weighted by molar-refractivity contribution is -0.124. The lowest BCUT2D eigenvalue weighted by Crippen LogP contribution is -2.15. The summed E-state index contributed by atoms with van der Waals surface area (Å²) in [6, 6.07) is 0. The van der Waals surface area contributed by atoms with Gasteiger partial charge in [-0.05, 0) is 18.9 Å². The van der Waals surface area contributed by atoms with Gasteiger partial charge in [0.05, 0.1) is 5.92 Å². The van der Waals surface area contributed by atoms with Crippen molar-refractivity contribution < 1.29 is 9.59 Å². The highest BCUT2D eigenvalue weighted by Gasteiger charge is 2.16. The lowest BCUT2D eigenvalue weighted by Gasteiger charge is -2.07. The molecule has 0 N–H and O–H groups in total. The number of rotatable bonds is 1. The molecule has 0 heterocycles. The third-order valence-electron chi connectivity index (χ3n) is 1.46. The van der Waals surface area contributed by atoms with E-state index in [0.717, 1.165) is 12.7 Å². The van der Waals surface area contributed by atoms with Crippen LogP contribution in [-0.4, -0.2) is 12.1 Å². The summed E-state index contributed by atoms with van der Waals surface area (Å²) in [6.45, 7) is 0. The van der Waals surface area contributed by atoms with Gasteiger partial charge in [-0.3, -0.25) is 4.79 Å². The van der Waals surface area contributed by atoms with Gasteiger partial charge < -0.3 is 4.79 Å². The maximum Gasteiger partial charge on any atom is 0.165 e. The smallest absolute Gasteiger partial charge is 0.165 e. The monoisotopic (exact) mass is 124 g/mol. The predicted molar refractivity (Wildman–Crippen MR) is 32.9 cm³/mol. The number of hydrogen-bond acceptors (Lipinski definition) is 2. The molecule has 1 atom stereocenters. The average molecular weight is 124 g/mol. The third kappa shape index (κ3) is 1.25. The largest absolute Gasteiger partial charge is 0.303 e. The van der Waals surface area contributed by atoms with Crippen LogP contribution in [0.5, 0.6) is 0 Å². The highest BCUT2D eigenvalue weighted by Crippen LogP contribution is 2.11. The van der Waals surface area contributed by atoms with Crippen LogP contribution in [0.4, 0.5) is 0 Å². The Hall–Kier alpha value is -0.920. The quantitative estimate of drug-likeness (QED) is 0.381. The molecule has 1 unspecified atom stereocenters. The Morgan fingerprint density at radius 2 is 2.44 bits per heavy atom. The molecule has 9 heavy (non-hydrogen) atoms. The molecule has 0 saturated heterocycles. The zero-order chi connectivity index (χ0) is 6.69. The second kappa shape index (κ2) is 2.58. The van der Waals surface area contributed by atoms with Crippen molar-refractivity contribution in [1.82, 2.24) is 0 Å². The van der Waals surface area contributed by atoms with Gasteiger partial charge in [-0.2, -0.15) is 0 Å². The van der Waals surface area contributed by atoms with Gasteiger partial charge in [0.25, 0.3) is 0 Å². The van der Waals surface area contributed by atoms with Crippen molar-refractivity contribution in [2.24, 2.45) is 5.92 Å². The first kappa shape index (κ1) is 6.20. The van der Waals surface area contributed by atoms with Crippen LogP contribution in [0.3, 0.4) is 0 Å². The Kier molecular flexibility index (Phi) is 1.78. The van der Waals surface area contributed by atoms with Gasteiger partial charge in [0.15, 0.2) is 5.78 Å². The van der Waals surface area contributed by atoms with Crippen molar-refractivity contribution in [3.63, 3.8) is 0 Å². The Morgan fingerprint density at radius 1 is 1.67 bits per heavy atom. The van der Waals surface area contributed by atoms with Gasteiger partial charge in [0.2, 0.25) is 0 Å². The molecule has 0 aromatic heterocycles. The molecule has 0 aliphatic heterocycles. The zero-order valence-corrected chi connectivity index (χ0v) is 5.04. The molecule has 0 bridgehead atoms. The summed E-state index contributed by atoms with van der Waals surface area (Å²) in [5, 5.41) is 0. The summed E-state index contributed by atoms with van der Waals surface area (Å²) in [5.41, 5.74) is 0. The summed E-state index contributed by atoms with van der Waals surface area (Å²) in [4.78, 5) is 20.8. The molecule has 0 radical (unpaired) electrons. The minimum absolute atomic E-state index is 0.0451. The fraction of sp³-hybridized carbons (Fsp3) is 0.429. The van der Waals surface area contributed by atoms with E-state index in [0.29, 0.717) is 6.42 Å². The molecule has 1 rings (SSSR count). The molecule has 0 spiro atoms. The van der Waals surface area contributed by atoms with E-state index in [1.165, 1.54) is 6.08 Å². The highest BCUT2D eigenvalue weighted by molar-refractivity contribution is 6.01. The zero-order valence-electron chi connectivity index (χ0n) is 5.04. The van der Waals surface area contributed by atoms with Crippen molar-refractivity contribution in [3.05, 3.63) is 12.2 Å². The highest BCUT2D eigenvalue weighted by atomic mass is 16.1. The normalized spacial score (nSPS) is 26.2. The van der Waals surface area contributed by atoms with Crippen LogP contribution in [-0.2, 0) is 9.59 Å². The van der Waals surface area contributed by atoms with Crippen molar-refractivity contribution in [1.29, 1.82) is 0 Å². The van der Waals surface area contributed by atoms with E-state index in [1.54, 1.807) is 0 Å². The fourth-order valence-corrected chi connectivity index (χ4v) is 0.876. The van der Waals surface area contributed by atoms with Gasteiger partial charge in [0, 0.05) is 0 Å². The summed E-state index contributed by atoms with van der Waals surface area (Å²) < 4.78 is 0. The summed E-state index contributed by atoms with van der Waals surface area (Å²) in [7, 11) is 0. The van der Waals surface area contributed by atoms with Crippen LogP contribution in [0.2, 0.25) is 0 Å². The molecular formula is C7H8O2. The van der Waals surface area contributed by atoms with Crippen molar-refractivity contribution >= 4 is 12.1 Å². The topological polar surface area (TPSA) is 34.1 Å². The second-order valence-electron chi connectivity index (χ2n) is 2.12. The first-order chi connectivity index (χ1) is 4.34. The molecule has 0 aromatic carbocycles. The van der Waals surface area contributed by atoms with Gasteiger partial charge >= 0.3 is 0 Å². The Morgan fingerprint density at radius 3 is 2.89 bits per heavy atom. The van der Waals surface area contributed by atoms with Gasteiger partial charge in [0.1, 0.15) is 6.29 Å². The Bertz CT molecular complexity index is 158. The van der Waals surface area contributed by atoms with Crippen molar-refractivity contribution in [2.45, 2.75) is 12.8 Å². The van der Waals surface area contributed by atoms with Crippen LogP contribution in [0, 0.1) is 5.92 Å². The van der Waals surface area contributed by atoms with E-state index < -0.39 is 0 Å². The van der Waals surface area contributed by atoms with Crippen molar-refractivity contribution in [2.75, 3.05) is 0 Å². The van der Waals surface area contributed by atoms with Crippen LogP contribution < -0.4 is 0 Å². The fourth-order valence-electron chi connectivity index (χ4n) is 0.876. The first-order valence-electron chi connectivity index (χ1n) is 3.00. The maximum atomic E-state index is 10.7. The molecule has 0 saturated carbocycles. The van der Waals surface area contributed by atoms with E-state index in [9.17, 15) is 9.59 Å². The summed E-state index contributed by atoms with van der Waals surface area (Å²) >= 11 is 0. The number of hydrogen-bond donors (Lipinski definition) is 0.